The molecule has 0 spiro atoms. The van der Waals surface area contributed by atoms with Crippen molar-refractivity contribution in [2.75, 3.05) is 6.61 Å². The zero-order chi connectivity index (χ0) is 21.1. The van der Waals surface area contributed by atoms with Crippen LogP contribution in [0.1, 0.15) is 44.1 Å². The Kier molecular flexibility index (Phi) is 6.04. The van der Waals surface area contributed by atoms with Gasteiger partial charge in [0.1, 0.15) is 5.75 Å². The van der Waals surface area contributed by atoms with Crippen molar-refractivity contribution in [3.63, 3.8) is 0 Å². The first-order chi connectivity index (χ1) is 14.5. The summed E-state index contributed by atoms with van der Waals surface area (Å²) >= 11 is 5.92. The highest BCUT2D eigenvalue weighted by molar-refractivity contribution is 6.30. The number of carbonyl (C=O) groups excluding carboxylic acids is 1. The number of amides is 1. The number of benzene rings is 2. The van der Waals surface area contributed by atoms with Crippen LogP contribution in [0.3, 0.4) is 0 Å². The highest BCUT2D eigenvalue weighted by Crippen LogP contribution is 2.29. The maximum Gasteiger partial charge on any atom is 0.261 e. The maximum absolute atomic E-state index is 12.8. The Bertz CT molecular complexity index is 995. The molecule has 1 heterocycles. The summed E-state index contributed by atoms with van der Waals surface area (Å²) in [6.45, 7) is 4.54. The number of carbonyl (C=O) groups is 1. The Morgan fingerprint density at radius 1 is 1.13 bits per heavy atom. The fourth-order valence-corrected chi connectivity index (χ4v) is 3.28. The molecule has 0 bridgehead atoms. The van der Waals surface area contributed by atoms with Gasteiger partial charge >= 0.3 is 0 Å². The standard InChI is InChI=1S/C23H24ClN3O3/c1-15(2)16-5-11-20(12-6-16)29-14-22(28)27(19-9-10-19)13-21-25-26-23(30-21)17-3-7-18(24)8-4-17/h3-8,11-12,15,19H,9-10,13-14H2,1-2H3. The maximum atomic E-state index is 12.8. The third-order valence-corrected chi connectivity index (χ3v) is 5.33. The summed E-state index contributed by atoms with van der Waals surface area (Å²) in [6.07, 6.45) is 1.96. The van der Waals surface area contributed by atoms with Crippen LogP contribution in [0.5, 0.6) is 5.75 Å². The molecular formula is C23H24ClN3O3. The van der Waals surface area contributed by atoms with Crippen molar-refractivity contribution >= 4 is 17.5 Å². The minimum atomic E-state index is -0.0864. The summed E-state index contributed by atoms with van der Waals surface area (Å²) in [5.74, 6) is 1.87. The molecule has 0 saturated heterocycles. The summed E-state index contributed by atoms with van der Waals surface area (Å²) in [5.41, 5.74) is 2.02. The molecule has 1 aromatic heterocycles. The molecule has 1 aliphatic rings. The van der Waals surface area contributed by atoms with Crippen molar-refractivity contribution in [3.8, 4) is 17.2 Å². The third kappa shape index (κ3) is 5.00. The molecule has 0 aliphatic heterocycles. The van der Waals surface area contributed by atoms with Gasteiger partial charge in [0.15, 0.2) is 6.61 Å². The minimum Gasteiger partial charge on any atom is -0.484 e. The lowest BCUT2D eigenvalue weighted by molar-refractivity contribution is -0.134. The zero-order valence-corrected chi connectivity index (χ0v) is 17.8. The van der Waals surface area contributed by atoms with Crippen LogP contribution >= 0.6 is 11.6 Å². The number of ether oxygens (including phenoxy) is 1. The lowest BCUT2D eigenvalue weighted by Gasteiger charge is -2.20. The molecule has 2 aromatic carbocycles. The van der Waals surface area contributed by atoms with Crippen LogP contribution in [0.25, 0.3) is 11.5 Å². The second-order valence-corrected chi connectivity index (χ2v) is 8.21. The summed E-state index contributed by atoms with van der Waals surface area (Å²) < 4.78 is 11.5. The van der Waals surface area contributed by atoms with E-state index in [0.29, 0.717) is 28.5 Å². The van der Waals surface area contributed by atoms with Gasteiger partial charge in [-0.1, -0.05) is 37.6 Å². The second-order valence-electron chi connectivity index (χ2n) is 7.77. The quantitative estimate of drug-likeness (QED) is 0.503. The van der Waals surface area contributed by atoms with Gasteiger partial charge in [-0.15, -0.1) is 10.2 Å². The van der Waals surface area contributed by atoms with E-state index >= 15 is 0 Å². The average molecular weight is 426 g/mol. The molecule has 7 heteroatoms. The van der Waals surface area contributed by atoms with E-state index < -0.39 is 0 Å². The summed E-state index contributed by atoms with van der Waals surface area (Å²) in [5, 5.41) is 8.84. The fourth-order valence-electron chi connectivity index (χ4n) is 3.16. The van der Waals surface area contributed by atoms with Crippen LogP contribution < -0.4 is 4.74 Å². The van der Waals surface area contributed by atoms with Crippen molar-refractivity contribution in [1.82, 2.24) is 15.1 Å². The van der Waals surface area contributed by atoms with Crippen LogP contribution in [-0.2, 0) is 11.3 Å². The SMILES string of the molecule is CC(C)c1ccc(OCC(=O)N(Cc2nnc(-c3ccc(Cl)cc3)o2)C2CC2)cc1. The Morgan fingerprint density at radius 3 is 2.47 bits per heavy atom. The van der Waals surface area contributed by atoms with Crippen LogP contribution in [-0.4, -0.2) is 33.7 Å². The average Bonchev–Trinajstić information content (AvgIpc) is 3.48. The molecule has 1 amide bonds. The van der Waals surface area contributed by atoms with E-state index in [1.54, 1.807) is 17.0 Å². The molecule has 1 aliphatic carbocycles. The van der Waals surface area contributed by atoms with Gasteiger partial charge in [-0.2, -0.15) is 0 Å². The molecule has 1 fully saturated rings. The summed E-state index contributed by atoms with van der Waals surface area (Å²) in [7, 11) is 0. The molecule has 30 heavy (non-hydrogen) atoms. The third-order valence-electron chi connectivity index (χ3n) is 5.08. The van der Waals surface area contributed by atoms with Crippen LogP contribution in [0.4, 0.5) is 0 Å². The van der Waals surface area contributed by atoms with E-state index in [2.05, 4.69) is 24.0 Å². The Hall–Kier alpha value is -2.86. The number of hydrogen-bond donors (Lipinski definition) is 0. The largest absolute Gasteiger partial charge is 0.484 e. The van der Waals surface area contributed by atoms with Gasteiger partial charge in [-0.3, -0.25) is 4.79 Å². The van der Waals surface area contributed by atoms with E-state index in [1.165, 1.54) is 5.56 Å². The first-order valence-corrected chi connectivity index (χ1v) is 10.5. The molecular weight excluding hydrogens is 402 g/mol. The van der Waals surface area contributed by atoms with Gasteiger partial charge < -0.3 is 14.1 Å². The molecule has 0 radical (unpaired) electrons. The fraction of sp³-hybridized carbons (Fsp3) is 0.348. The van der Waals surface area contributed by atoms with Gasteiger partial charge in [-0.05, 0) is 60.7 Å². The molecule has 0 atom stereocenters. The lowest BCUT2D eigenvalue weighted by atomic mass is 10.0. The van der Waals surface area contributed by atoms with Gasteiger partial charge in [0, 0.05) is 16.6 Å². The topological polar surface area (TPSA) is 68.5 Å². The predicted molar refractivity (Wildman–Crippen MR) is 114 cm³/mol. The van der Waals surface area contributed by atoms with Crippen molar-refractivity contribution in [2.24, 2.45) is 0 Å². The van der Waals surface area contributed by atoms with Crippen LogP contribution in [0.2, 0.25) is 5.02 Å². The predicted octanol–water partition coefficient (Wildman–Crippen LogP) is 5.08. The van der Waals surface area contributed by atoms with Crippen LogP contribution in [0.15, 0.2) is 52.9 Å². The van der Waals surface area contributed by atoms with Crippen LogP contribution in [0, 0.1) is 0 Å². The molecule has 6 nitrogen and oxygen atoms in total. The van der Waals surface area contributed by atoms with Crippen molar-refractivity contribution in [2.45, 2.75) is 45.2 Å². The number of nitrogens with zero attached hydrogens (tertiary/aromatic N) is 3. The van der Waals surface area contributed by atoms with E-state index in [9.17, 15) is 4.79 Å². The number of aromatic nitrogens is 2. The van der Waals surface area contributed by atoms with Gasteiger partial charge in [-0.25, -0.2) is 0 Å². The Balaban J connectivity index is 1.38. The van der Waals surface area contributed by atoms with Crippen molar-refractivity contribution < 1.29 is 13.9 Å². The smallest absolute Gasteiger partial charge is 0.261 e. The number of hydrogen-bond acceptors (Lipinski definition) is 5. The number of halogens is 1. The first-order valence-electron chi connectivity index (χ1n) is 10.1. The number of rotatable bonds is 8. The zero-order valence-electron chi connectivity index (χ0n) is 17.0. The first kappa shape index (κ1) is 20.4. The highest BCUT2D eigenvalue weighted by atomic mass is 35.5. The highest BCUT2D eigenvalue weighted by Gasteiger charge is 2.34. The molecule has 156 valence electrons. The van der Waals surface area contributed by atoms with Crippen molar-refractivity contribution in [3.05, 3.63) is 65.0 Å². The lowest BCUT2D eigenvalue weighted by Crippen LogP contribution is -2.36. The van der Waals surface area contributed by atoms with E-state index in [4.69, 9.17) is 20.8 Å². The summed E-state index contributed by atoms with van der Waals surface area (Å²) in [6, 6.07) is 15.2. The van der Waals surface area contributed by atoms with Gasteiger partial charge in [0.25, 0.3) is 5.91 Å². The molecule has 0 unspecified atom stereocenters. The minimum absolute atomic E-state index is 0.0182. The van der Waals surface area contributed by atoms with Gasteiger partial charge in [0.05, 0.1) is 6.54 Å². The summed E-state index contributed by atoms with van der Waals surface area (Å²) in [4.78, 5) is 14.6. The Morgan fingerprint density at radius 2 is 1.83 bits per heavy atom. The Labute approximate surface area is 180 Å². The van der Waals surface area contributed by atoms with Crippen molar-refractivity contribution in [1.29, 1.82) is 0 Å². The van der Waals surface area contributed by atoms with E-state index in [-0.39, 0.29) is 25.1 Å². The van der Waals surface area contributed by atoms with Gasteiger partial charge in [0.2, 0.25) is 11.8 Å². The second kappa shape index (κ2) is 8.88. The molecule has 3 aromatic rings. The molecule has 0 N–H and O–H groups in total. The normalized spacial score (nSPS) is 13.5. The monoisotopic (exact) mass is 425 g/mol. The molecule has 4 rings (SSSR count). The molecule has 1 saturated carbocycles. The van der Waals surface area contributed by atoms with E-state index in [0.717, 1.165) is 18.4 Å². The van der Waals surface area contributed by atoms with E-state index in [1.807, 2.05) is 36.4 Å².